The van der Waals surface area contributed by atoms with Gasteiger partial charge >= 0.3 is 0 Å². The Balaban J connectivity index is 1.84. The lowest BCUT2D eigenvalue weighted by molar-refractivity contribution is 0.281. The first-order valence-electron chi connectivity index (χ1n) is 7.38. The number of aromatic nitrogens is 4. The summed E-state index contributed by atoms with van der Waals surface area (Å²) in [4.78, 5) is 0. The van der Waals surface area contributed by atoms with Gasteiger partial charge in [0.2, 0.25) is 0 Å². The average molecular weight is 425 g/mol. The number of aromatic amines is 1. The van der Waals surface area contributed by atoms with E-state index in [0.717, 1.165) is 15.6 Å². The smallest absolute Gasteiger partial charge is 0.263 e. The Kier molecular flexibility index (Phi) is 5.72. The summed E-state index contributed by atoms with van der Waals surface area (Å²) in [5, 5.41) is 17.4. The van der Waals surface area contributed by atoms with Crippen molar-refractivity contribution < 1.29 is 9.47 Å². The second kappa shape index (κ2) is 8.17. The molecule has 1 heterocycles. The second-order valence-electron chi connectivity index (χ2n) is 5.03. The topological polar surface area (TPSA) is 85.0 Å². The van der Waals surface area contributed by atoms with Gasteiger partial charge in [0.15, 0.2) is 11.5 Å². The number of nitrogens with zero attached hydrogens (tertiary/aromatic N) is 3. The van der Waals surface area contributed by atoms with Gasteiger partial charge in [0.05, 0.1) is 7.11 Å². The number of ether oxygens (including phenoxy) is 2. The van der Waals surface area contributed by atoms with Gasteiger partial charge in [-0.1, -0.05) is 50.8 Å². The molecular formula is C16H15BrClN5O2. The first kappa shape index (κ1) is 17.5. The summed E-state index contributed by atoms with van der Waals surface area (Å²) < 4.78 is 12.3. The van der Waals surface area contributed by atoms with Crippen LogP contribution in [0.4, 0.5) is 5.95 Å². The highest BCUT2D eigenvalue weighted by atomic mass is 79.9. The third kappa shape index (κ3) is 4.21. The number of halogens is 2. The van der Waals surface area contributed by atoms with Crippen molar-refractivity contribution in [3.8, 4) is 11.5 Å². The SMILES string of the molecule is COc1ccc(Br)c(CNc2nn[nH]n2)c1OCc1ccccc1Cl. The van der Waals surface area contributed by atoms with E-state index in [9.17, 15) is 0 Å². The Morgan fingerprint density at radius 1 is 1.24 bits per heavy atom. The summed E-state index contributed by atoms with van der Waals surface area (Å²) in [6, 6.07) is 11.3. The van der Waals surface area contributed by atoms with Crippen LogP contribution in [0.3, 0.4) is 0 Å². The quantitative estimate of drug-likeness (QED) is 0.600. The molecule has 0 atom stereocenters. The molecule has 2 N–H and O–H groups in total. The molecule has 0 saturated heterocycles. The number of anilines is 1. The maximum absolute atomic E-state index is 6.20. The van der Waals surface area contributed by atoms with Crippen molar-refractivity contribution >= 4 is 33.5 Å². The van der Waals surface area contributed by atoms with Crippen LogP contribution >= 0.6 is 27.5 Å². The van der Waals surface area contributed by atoms with E-state index in [1.54, 1.807) is 7.11 Å². The van der Waals surface area contributed by atoms with E-state index in [-0.39, 0.29) is 0 Å². The number of benzene rings is 2. The molecule has 0 radical (unpaired) electrons. The van der Waals surface area contributed by atoms with Gasteiger partial charge in [0, 0.05) is 27.2 Å². The fourth-order valence-electron chi connectivity index (χ4n) is 2.24. The Morgan fingerprint density at radius 2 is 2.08 bits per heavy atom. The van der Waals surface area contributed by atoms with Crippen LogP contribution in [0.1, 0.15) is 11.1 Å². The molecule has 2 aromatic carbocycles. The zero-order chi connectivity index (χ0) is 17.6. The molecule has 0 unspecified atom stereocenters. The first-order valence-corrected chi connectivity index (χ1v) is 8.55. The van der Waals surface area contributed by atoms with Crippen molar-refractivity contribution in [3.63, 3.8) is 0 Å². The minimum Gasteiger partial charge on any atom is -0.493 e. The van der Waals surface area contributed by atoms with Gasteiger partial charge in [-0.3, -0.25) is 0 Å². The van der Waals surface area contributed by atoms with Crippen LogP contribution in [0.2, 0.25) is 5.02 Å². The minimum absolute atomic E-state index is 0.321. The van der Waals surface area contributed by atoms with Gasteiger partial charge in [-0.05, 0) is 23.4 Å². The van der Waals surface area contributed by atoms with Gasteiger partial charge in [0.1, 0.15) is 6.61 Å². The van der Waals surface area contributed by atoms with Crippen molar-refractivity contribution in [1.29, 1.82) is 0 Å². The van der Waals surface area contributed by atoms with Crippen molar-refractivity contribution in [1.82, 2.24) is 20.6 Å². The van der Waals surface area contributed by atoms with Crippen molar-refractivity contribution in [2.24, 2.45) is 0 Å². The van der Waals surface area contributed by atoms with Crippen LogP contribution < -0.4 is 14.8 Å². The van der Waals surface area contributed by atoms with Crippen molar-refractivity contribution in [2.75, 3.05) is 12.4 Å². The van der Waals surface area contributed by atoms with E-state index < -0.39 is 0 Å². The van der Waals surface area contributed by atoms with E-state index in [4.69, 9.17) is 21.1 Å². The summed E-state index contributed by atoms with van der Waals surface area (Å²) in [6.45, 7) is 0.747. The van der Waals surface area contributed by atoms with Gasteiger partial charge in [-0.15, -0.1) is 5.10 Å². The van der Waals surface area contributed by atoms with E-state index in [2.05, 4.69) is 41.9 Å². The maximum Gasteiger partial charge on any atom is 0.263 e. The Labute approximate surface area is 157 Å². The lowest BCUT2D eigenvalue weighted by atomic mass is 10.1. The predicted molar refractivity (Wildman–Crippen MR) is 98.0 cm³/mol. The predicted octanol–water partition coefficient (Wildman–Crippen LogP) is 3.82. The summed E-state index contributed by atoms with van der Waals surface area (Å²) in [7, 11) is 1.60. The zero-order valence-electron chi connectivity index (χ0n) is 13.3. The van der Waals surface area contributed by atoms with E-state index in [1.165, 1.54) is 0 Å². The van der Waals surface area contributed by atoms with Gasteiger partial charge in [0.25, 0.3) is 5.95 Å². The molecule has 3 aromatic rings. The van der Waals surface area contributed by atoms with Crippen LogP contribution in [0.5, 0.6) is 11.5 Å². The van der Waals surface area contributed by atoms with Crippen LogP contribution in [0.15, 0.2) is 40.9 Å². The average Bonchev–Trinajstić information content (AvgIpc) is 3.14. The van der Waals surface area contributed by atoms with E-state index in [1.807, 2.05) is 36.4 Å². The lowest BCUT2D eigenvalue weighted by Crippen LogP contribution is -2.07. The number of hydrogen-bond donors (Lipinski definition) is 2. The van der Waals surface area contributed by atoms with Gasteiger partial charge in [-0.25, -0.2) is 0 Å². The number of nitrogens with one attached hydrogen (secondary N) is 2. The third-order valence-electron chi connectivity index (χ3n) is 3.49. The molecule has 0 aliphatic carbocycles. The van der Waals surface area contributed by atoms with Crippen LogP contribution in [-0.2, 0) is 13.2 Å². The molecule has 0 amide bonds. The first-order chi connectivity index (χ1) is 12.2. The number of methoxy groups -OCH3 is 1. The van der Waals surface area contributed by atoms with E-state index in [0.29, 0.717) is 35.6 Å². The Morgan fingerprint density at radius 3 is 2.80 bits per heavy atom. The molecule has 7 nitrogen and oxygen atoms in total. The molecule has 3 rings (SSSR count). The van der Waals surface area contributed by atoms with Crippen molar-refractivity contribution in [2.45, 2.75) is 13.2 Å². The normalized spacial score (nSPS) is 10.5. The van der Waals surface area contributed by atoms with Crippen LogP contribution in [-0.4, -0.2) is 27.7 Å². The maximum atomic E-state index is 6.20. The molecule has 0 aliphatic heterocycles. The number of tetrazole rings is 1. The Hall–Kier alpha value is -2.32. The number of hydrogen-bond acceptors (Lipinski definition) is 6. The highest BCUT2D eigenvalue weighted by Gasteiger charge is 2.16. The highest BCUT2D eigenvalue weighted by Crippen LogP contribution is 2.37. The molecule has 0 aliphatic rings. The molecular weight excluding hydrogens is 410 g/mol. The second-order valence-corrected chi connectivity index (χ2v) is 6.29. The van der Waals surface area contributed by atoms with Crippen molar-refractivity contribution in [3.05, 3.63) is 57.0 Å². The molecule has 0 fully saturated rings. The summed E-state index contributed by atoms with van der Waals surface area (Å²) in [6.07, 6.45) is 0. The fourth-order valence-corrected chi connectivity index (χ4v) is 2.88. The lowest BCUT2D eigenvalue weighted by Gasteiger charge is -2.17. The number of H-pyrrole nitrogens is 1. The minimum atomic E-state index is 0.321. The summed E-state index contributed by atoms with van der Waals surface area (Å²) >= 11 is 9.75. The fraction of sp³-hybridized carbons (Fsp3) is 0.188. The Bertz CT molecular complexity index is 845. The van der Waals surface area contributed by atoms with Crippen LogP contribution in [0.25, 0.3) is 0 Å². The molecule has 0 bridgehead atoms. The monoisotopic (exact) mass is 423 g/mol. The largest absolute Gasteiger partial charge is 0.493 e. The molecule has 25 heavy (non-hydrogen) atoms. The summed E-state index contributed by atoms with van der Waals surface area (Å²) in [5.41, 5.74) is 1.76. The highest BCUT2D eigenvalue weighted by molar-refractivity contribution is 9.10. The third-order valence-corrected chi connectivity index (χ3v) is 4.60. The van der Waals surface area contributed by atoms with Gasteiger partial charge < -0.3 is 14.8 Å². The molecule has 130 valence electrons. The van der Waals surface area contributed by atoms with Gasteiger partial charge in [-0.2, -0.15) is 5.21 Å². The zero-order valence-corrected chi connectivity index (χ0v) is 15.6. The van der Waals surface area contributed by atoms with Crippen LogP contribution in [0, 0.1) is 0 Å². The van der Waals surface area contributed by atoms with E-state index >= 15 is 0 Å². The molecule has 1 aromatic heterocycles. The molecule has 0 saturated carbocycles. The summed E-state index contributed by atoms with van der Waals surface area (Å²) in [5.74, 6) is 1.64. The molecule has 0 spiro atoms. The standard InChI is InChI=1S/C16H15BrClN5O2/c1-24-14-7-6-12(17)11(8-19-16-20-22-23-21-16)15(14)25-9-10-4-2-3-5-13(10)18/h2-7H,8-9H2,1H3,(H2,19,20,21,22,23). The molecule has 9 heteroatoms. The number of rotatable bonds is 7.